The van der Waals surface area contributed by atoms with Crippen molar-refractivity contribution >= 4 is 27.5 Å². The van der Waals surface area contributed by atoms with Crippen LogP contribution in [0.4, 0.5) is 5.69 Å². The van der Waals surface area contributed by atoms with Crippen molar-refractivity contribution in [3.8, 4) is 0 Å². The van der Waals surface area contributed by atoms with Gasteiger partial charge in [0.2, 0.25) is 15.9 Å². The number of sulfonamides is 1. The molecule has 1 aromatic carbocycles. The number of benzene rings is 1. The predicted octanol–water partition coefficient (Wildman–Crippen LogP) is 2.70. The van der Waals surface area contributed by atoms with Crippen molar-refractivity contribution in [2.24, 2.45) is 0 Å². The fourth-order valence-electron chi connectivity index (χ4n) is 4.01. The molecular weight excluding hydrogens is 406 g/mol. The molecule has 9 heteroatoms. The number of rotatable bonds is 5. The van der Waals surface area contributed by atoms with Crippen molar-refractivity contribution in [3.63, 3.8) is 0 Å². The Morgan fingerprint density at radius 3 is 2.37 bits per heavy atom. The molecule has 30 heavy (non-hydrogen) atoms. The van der Waals surface area contributed by atoms with Crippen LogP contribution in [0.1, 0.15) is 42.7 Å². The number of furan rings is 1. The van der Waals surface area contributed by atoms with Crippen LogP contribution in [0, 0.1) is 0 Å². The van der Waals surface area contributed by atoms with E-state index in [0.29, 0.717) is 31.7 Å². The Kier molecular flexibility index (Phi) is 5.92. The van der Waals surface area contributed by atoms with E-state index < -0.39 is 16.1 Å². The Bertz CT molecular complexity index is 996. The van der Waals surface area contributed by atoms with Crippen LogP contribution in [0.5, 0.6) is 0 Å². The minimum atomic E-state index is -3.51. The molecule has 4 rings (SSSR count). The Balaban J connectivity index is 1.43. The summed E-state index contributed by atoms with van der Waals surface area (Å²) in [5, 5.41) is 2.80. The average molecular weight is 432 g/mol. The number of likely N-dealkylation sites (tertiary alicyclic amines) is 1. The molecular formula is C21H25N3O5S. The first-order valence-electron chi connectivity index (χ1n) is 10.2. The highest BCUT2D eigenvalue weighted by Crippen LogP contribution is 2.24. The zero-order valence-corrected chi connectivity index (χ0v) is 17.4. The summed E-state index contributed by atoms with van der Waals surface area (Å²) in [5.74, 6) is -0.387. The molecule has 3 heterocycles. The standard InChI is InChI=1S/C21H25N3O5S/c25-20(18-6-4-14-24(18)21(26)19-7-5-15-29-19)22-16-8-10-17(11-9-16)30(27,28)23-12-2-1-3-13-23/h5,7-11,15,18H,1-4,6,12-14H2,(H,22,25). The molecule has 0 saturated carbocycles. The molecule has 1 aromatic heterocycles. The molecule has 1 N–H and O–H groups in total. The van der Waals surface area contributed by atoms with Crippen LogP contribution in [-0.2, 0) is 14.8 Å². The van der Waals surface area contributed by atoms with Crippen molar-refractivity contribution < 1.29 is 22.4 Å². The molecule has 8 nitrogen and oxygen atoms in total. The van der Waals surface area contributed by atoms with Crippen LogP contribution in [0.15, 0.2) is 52.0 Å². The van der Waals surface area contributed by atoms with E-state index in [9.17, 15) is 18.0 Å². The third kappa shape index (κ3) is 4.13. The number of hydrogen-bond donors (Lipinski definition) is 1. The summed E-state index contributed by atoms with van der Waals surface area (Å²) in [7, 11) is -3.51. The van der Waals surface area contributed by atoms with Crippen molar-refractivity contribution in [2.45, 2.75) is 43.0 Å². The molecule has 0 radical (unpaired) electrons. The van der Waals surface area contributed by atoms with Gasteiger partial charge in [-0.25, -0.2) is 8.42 Å². The molecule has 0 bridgehead atoms. The first-order chi connectivity index (χ1) is 14.5. The lowest BCUT2D eigenvalue weighted by molar-refractivity contribution is -0.119. The van der Waals surface area contributed by atoms with Crippen molar-refractivity contribution in [2.75, 3.05) is 25.0 Å². The van der Waals surface area contributed by atoms with Gasteiger partial charge in [-0.05, 0) is 62.1 Å². The summed E-state index contributed by atoms with van der Waals surface area (Å²) in [4.78, 5) is 27.1. The van der Waals surface area contributed by atoms with Crippen LogP contribution < -0.4 is 5.32 Å². The van der Waals surface area contributed by atoms with Gasteiger partial charge in [0.05, 0.1) is 11.2 Å². The Labute approximate surface area is 175 Å². The van der Waals surface area contributed by atoms with Gasteiger partial charge in [-0.15, -0.1) is 0 Å². The van der Waals surface area contributed by atoms with Gasteiger partial charge in [0.1, 0.15) is 6.04 Å². The molecule has 0 aliphatic carbocycles. The molecule has 2 aromatic rings. The lowest BCUT2D eigenvalue weighted by Gasteiger charge is -2.26. The maximum absolute atomic E-state index is 12.8. The minimum Gasteiger partial charge on any atom is -0.459 e. The van der Waals surface area contributed by atoms with Crippen molar-refractivity contribution in [3.05, 3.63) is 48.4 Å². The van der Waals surface area contributed by atoms with Crippen LogP contribution in [-0.4, -0.2) is 55.1 Å². The number of carbonyl (C=O) groups excluding carboxylic acids is 2. The van der Waals surface area contributed by atoms with E-state index in [2.05, 4.69) is 5.32 Å². The fourth-order valence-corrected chi connectivity index (χ4v) is 5.53. The van der Waals surface area contributed by atoms with Gasteiger partial charge in [-0.1, -0.05) is 6.42 Å². The second kappa shape index (κ2) is 8.61. The van der Waals surface area contributed by atoms with Crippen LogP contribution in [0.25, 0.3) is 0 Å². The molecule has 2 amide bonds. The van der Waals surface area contributed by atoms with Crippen LogP contribution in [0.3, 0.4) is 0 Å². The van der Waals surface area contributed by atoms with E-state index in [1.165, 1.54) is 27.6 Å². The number of carbonyl (C=O) groups is 2. The Morgan fingerprint density at radius 1 is 0.967 bits per heavy atom. The van der Waals surface area contributed by atoms with E-state index in [1.54, 1.807) is 24.3 Å². The topological polar surface area (TPSA) is 99.9 Å². The summed E-state index contributed by atoms with van der Waals surface area (Å²) in [5.41, 5.74) is 0.495. The van der Waals surface area contributed by atoms with Gasteiger partial charge >= 0.3 is 0 Å². The minimum absolute atomic E-state index is 0.210. The Hall–Kier alpha value is -2.65. The van der Waals surface area contributed by atoms with E-state index in [-0.39, 0.29) is 22.5 Å². The third-order valence-corrected chi connectivity index (χ3v) is 7.54. The van der Waals surface area contributed by atoms with E-state index in [1.807, 2.05) is 0 Å². The highest BCUT2D eigenvalue weighted by molar-refractivity contribution is 7.89. The van der Waals surface area contributed by atoms with Crippen molar-refractivity contribution in [1.82, 2.24) is 9.21 Å². The molecule has 0 spiro atoms. The van der Waals surface area contributed by atoms with Gasteiger partial charge in [-0.3, -0.25) is 9.59 Å². The number of nitrogens with one attached hydrogen (secondary N) is 1. The van der Waals surface area contributed by atoms with Gasteiger partial charge in [-0.2, -0.15) is 4.31 Å². The summed E-state index contributed by atoms with van der Waals surface area (Å²) in [6, 6.07) is 8.83. The highest BCUT2D eigenvalue weighted by Gasteiger charge is 2.35. The number of nitrogens with zero attached hydrogens (tertiary/aromatic N) is 2. The molecule has 1 unspecified atom stereocenters. The fraction of sp³-hybridized carbons (Fsp3) is 0.429. The van der Waals surface area contributed by atoms with Gasteiger partial charge < -0.3 is 14.6 Å². The molecule has 2 aliphatic rings. The van der Waals surface area contributed by atoms with Crippen molar-refractivity contribution in [1.29, 1.82) is 0 Å². The normalized spacial score (nSPS) is 20.3. The van der Waals surface area contributed by atoms with Crippen LogP contribution >= 0.6 is 0 Å². The third-order valence-electron chi connectivity index (χ3n) is 5.62. The Morgan fingerprint density at radius 2 is 1.70 bits per heavy atom. The second-order valence-electron chi connectivity index (χ2n) is 7.61. The van der Waals surface area contributed by atoms with E-state index >= 15 is 0 Å². The maximum atomic E-state index is 12.8. The zero-order chi connectivity index (χ0) is 21.1. The number of amides is 2. The summed E-state index contributed by atoms with van der Waals surface area (Å²) < 4.78 is 32.2. The summed E-state index contributed by atoms with van der Waals surface area (Å²) >= 11 is 0. The summed E-state index contributed by atoms with van der Waals surface area (Å²) in [6.45, 7) is 1.58. The largest absolute Gasteiger partial charge is 0.459 e. The molecule has 2 aliphatic heterocycles. The van der Waals surface area contributed by atoms with E-state index in [0.717, 1.165) is 25.7 Å². The van der Waals surface area contributed by atoms with Gasteiger partial charge in [0, 0.05) is 25.3 Å². The predicted molar refractivity (Wildman–Crippen MR) is 110 cm³/mol. The SMILES string of the molecule is O=C(Nc1ccc(S(=O)(=O)N2CCCCC2)cc1)C1CCCN1C(=O)c1ccco1. The summed E-state index contributed by atoms with van der Waals surface area (Å²) in [6.07, 6.45) is 5.54. The monoisotopic (exact) mass is 431 g/mol. The van der Waals surface area contributed by atoms with Gasteiger partial charge in [0.25, 0.3) is 5.91 Å². The second-order valence-corrected chi connectivity index (χ2v) is 9.55. The first kappa shape index (κ1) is 20.6. The quantitative estimate of drug-likeness (QED) is 0.785. The number of hydrogen-bond acceptors (Lipinski definition) is 5. The molecule has 160 valence electrons. The molecule has 2 saturated heterocycles. The smallest absolute Gasteiger partial charge is 0.290 e. The number of piperidine rings is 1. The molecule has 1 atom stereocenters. The van der Waals surface area contributed by atoms with E-state index in [4.69, 9.17) is 4.42 Å². The lowest BCUT2D eigenvalue weighted by atomic mass is 10.2. The number of anilines is 1. The lowest BCUT2D eigenvalue weighted by Crippen LogP contribution is -2.43. The maximum Gasteiger partial charge on any atom is 0.290 e. The van der Waals surface area contributed by atoms with Crippen LogP contribution in [0.2, 0.25) is 0 Å². The average Bonchev–Trinajstić information content (AvgIpc) is 3.47. The molecule has 2 fully saturated rings. The first-order valence-corrected chi connectivity index (χ1v) is 11.7. The zero-order valence-electron chi connectivity index (χ0n) is 16.6. The van der Waals surface area contributed by atoms with Gasteiger partial charge in [0.15, 0.2) is 5.76 Å². The highest BCUT2D eigenvalue weighted by atomic mass is 32.2.